The van der Waals surface area contributed by atoms with E-state index < -0.39 is 0 Å². The number of hydrogen-bond donors (Lipinski definition) is 0. The number of fused-ring (bicyclic) bond motifs is 1. The van der Waals surface area contributed by atoms with Crippen LogP contribution in [0, 0.1) is 6.92 Å². The van der Waals surface area contributed by atoms with Gasteiger partial charge in [0, 0.05) is 31.5 Å². The highest BCUT2D eigenvalue weighted by molar-refractivity contribution is 6.21. The van der Waals surface area contributed by atoms with Crippen molar-refractivity contribution in [3.63, 3.8) is 0 Å². The molecule has 3 aromatic rings. The van der Waals surface area contributed by atoms with Crippen LogP contribution in [0.3, 0.4) is 0 Å². The van der Waals surface area contributed by atoms with E-state index in [0.29, 0.717) is 17.7 Å². The summed E-state index contributed by atoms with van der Waals surface area (Å²) in [6.07, 6.45) is 5.25. The molecule has 0 spiro atoms. The third kappa shape index (κ3) is 4.60. The molecule has 0 unspecified atom stereocenters. The molecule has 1 aromatic carbocycles. The van der Waals surface area contributed by atoms with E-state index in [-0.39, 0.29) is 17.9 Å². The Balaban J connectivity index is 1.40. The third-order valence-electron chi connectivity index (χ3n) is 6.09. The van der Waals surface area contributed by atoms with E-state index in [1.54, 1.807) is 24.3 Å². The molecule has 1 atom stereocenters. The van der Waals surface area contributed by atoms with Crippen LogP contribution < -0.4 is 0 Å². The molecule has 0 saturated heterocycles. The number of hydrogen-bond acceptors (Lipinski definition) is 5. The molecule has 2 amide bonds. The number of imide groups is 1. The topological polar surface area (TPSA) is 66.4 Å². The molecule has 0 saturated carbocycles. The van der Waals surface area contributed by atoms with Crippen molar-refractivity contribution in [3.8, 4) is 0 Å². The summed E-state index contributed by atoms with van der Waals surface area (Å²) >= 11 is 0. The lowest BCUT2D eigenvalue weighted by Gasteiger charge is -2.29. The first-order valence-corrected chi connectivity index (χ1v) is 11.1. The molecule has 6 heteroatoms. The van der Waals surface area contributed by atoms with Crippen LogP contribution in [0.15, 0.2) is 67.0 Å². The zero-order valence-corrected chi connectivity index (χ0v) is 18.6. The maximum Gasteiger partial charge on any atom is 0.261 e. The lowest BCUT2D eigenvalue weighted by molar-refractivity contribution is 0.0649. The van der Waals surface area contributed by atoms with Gasteiger partial charge in [-0.1, -0.05) is 24.3 Å². The average Bonchev–Trinajstić information content (AvgIpc) is 3.07. The van der Waals surface area contributed by atoms with Gasteiger partial charge >= 0.3 is 0 Å². The largest absolute Gasteiger partial charge is 0.289 e. The molecule has 3 heterocycles. The van der Waals surface area contributed by atoms with Crippen molar-refractivity contribution in [1.82, 2.24) is 19.8 Å². The number of carbonyl (C=O) groups is 2. The average molecular weight is 429 g/mol. The Morgan fingerprint density at radius 1 is 0.875 bits per heavy atom. The summed E-state index contributed by atoms with van der Waals surface area (Å²) in [6.45, 7) is 6.20. The van der Waals surface area contributed by atoms with Crippen LogP contribution in [0.5, 0.6) is 0 Å². The van der Waals surface area contributed by atoms with E-state index in [0.717, 1.165) is 42.9 Å². The highest BCUT2D eigenvalue weighted by Crippen LogP contribution is 2.24. The number of pyridine rings is 2. The Bertz CT molecular complexity index is 1060. The molecule has 1 aliphatic heterocycles. The van der Waals surface area contributed by atoms with Gasteiger partial charge in [0.15, 0.2) is 0 Å². The summed E-state index contributed by atoms with van der Waals surface area (Å²) in [4.78, 5) is 38.0. The molecule has 4 rings (SSSR count). The van der Waals surface area contributed by atoms with E-state index in [9.17, 15) is 9.59 Å². The van der Waals surface area contributed by atoms with Crippen LogP contribution in [-0.2, 0) is 6.54 Å². The zero-order chi connectivity index (χ0) is 22.5. The molecule has 32 heavy (non-hydrogen) atoms. The highest BCUT2D eigenvalue weighted by atomic mass is 16.2. The maximum absolute atomic E-state index is 12.6. The summed E-state index contributed by atoms with van der Waals surface area (Å²) in [5.41, 5.74) is 4.25. The van der Waals surface area contributed by atoms with Crippen molar-refractivity contribution in [3.05, 3.63) is 95.1 Å². The van der Waals surface area contributed by atoms with Gasteiger partial charge in [0.25, 0.3) is 11.8 Å². The molecular formula is C26H28N4O2. The minimum atomic E-state index is -0.187. The lowest BCUT2D eigenvalue weighted by atomic mass is 10.1. The van der Waals surface area contributed by atoms with Gasteiger partial charge in [-0.2, -0.15) is 0 Å². The number of unbranched alkanes of at least 4 members (excludes halogenated alkanes) is 1. The number of rotatable bonds is 9. The first-order valence-electron chi connectivity index (χ1n) is 11.1. The molecule has 0 bridgehead atoms. The molecule has 0 N–H and O–H groups in total. The number of nitrogens with zero attached hydrogens (tertiary/aromatic N) is 4. The van der Waals surface area contributed by atoms with Crippen molar-refractivity contribution < 1.29 is 9.59 Å². The first kappa shape index (κ1) is 21.8. The van der Waals surface area contributed by atoms with Crippen molar-refractivity contribution in [2.24, 2.45) is 0 Å². The Morgan fingerprint density at radius 3 is 2.22 bits per heavy atom. The summed E-state index contributed by atoms with van der Waals surface area (Å²) in [5.74, 6) is -0.373. The number of carbonyl (C=O) groups excluding carboxylic acids is 2. The normalized spacial score (nSPS) is 14.2. The molecule has 164 valence electrons. The minimum Gasteiger partial charge on any atom is -0.289 e. The molecule has 0 aliphatic carbocycles. The van der Waals surface area contributed by atoms with Gasteiger partial charge in [-0.25, -0.2) is 0 Å². The van der Waals surface area contributed by atoms with E-state index in [1.165, 1.54) is 4.90 Å². The van der Waals surface area contributed by atoms with Gasteiger partial charge in [0.1, 0.15) is 0 Å². The molecule has 6 nitrogen and oxygen atoms in total. The van der Waals surface area contributed by atoms with Gasteiger partial charge in [-0.3, -0.25) is 29.4 Å². The van der Waals surface area contributed by atoms with Crippen LogP contribution in [0.4, 0.5) is 0 Å². The van der Waals surface area contributed by atoms with Crippen molar-refractivity contribution in [2.75, 3.05) is 13.1 Å². The Hall–Kier alpha value is -3.38. The lowest BCUT2D eigenvalue weighted by Crippen LogP contribution is -2.32. The van der Waals surface area contributed by atoms with Gasteiger partial charge in [0.2, 0.25) is 0 Å². The third-order valence-corrected chi connectivity index (χ3v) is 6.09. The van der Waals surface area contributed by atoms with Crippen LogP contribution in [0.2, 0.25) is 0 Å². The predicted octanol–water partition coefficient (Wildman–Crippen LogP) is 4.42. The zero-order valence-electron chi connectivity index (χ0n) is 18.6. The van der Waals surface area contributed by atoms with Gasteiger partial charge in [0.05, 0.1) is 22.5 Å². The fraction of sp³-hybridized carbons (Fsp3) is 0.308. The monoisotopic (exact) mass is 428 g/mol. The van der Waals surface area contributed by atoms with E-state index in [2.05, 4.69) is 34.8 Å². The fourth-order valence-electron chi connectivity index (χ4n) is 4.12. The number of aryl methyl sites for hydroxylation is 1. The van der Waals surface area contributed by atoms with Crippen LogP contribution >= 0.6 is 0 Å². The molecule has 0 radical (unpaired) electrons. The number of benzene rings is 1. The van der Waals surface area contributed by atoms with Crippen LogP contribution in [0.1, 0.15) is 63.5 Å². The smallest absolute Gasteiger partial charge is 0.261 e. The molecule has 1 aliphatic rings. The van der Waals surface area contributed by atoms with Gasteiger partial charge in [-0.05, 0) is 69.1 Å². The second kappa shape index (κ2) is 9.83. The Morgan fingerprint density at radius 2 is 1.56 bits per heavy atom. The molecule has 0 fully saturated rings. The quantitative estimate of drug-likeness (QED) is 0.373. The standard InChI is InChI=1S/C26H28N4O2/c1-19-10-9-15-28-24(19)18-29(20(2)23-13-5-6-14-27-23)16-7-8-17-30-25(31)21-11-3-4-12-22(21)26(30)32/h3-6,9-15,20H,7-8,16-18H2,1-2H3/t20-/m1/s1. The number of amides is 2. The Kier molecular flexibility index (Phi) is 6.71. The van der Waals surface area contributed by atoms with Crippen molar-refractivity contribution in [1.29, 1.82) is 0 Å². The summed E-state index contributed by atoms with van der Waals surface area (Å²) in [6, 6.07) is 17.2. The first-order chi connectivity index (χ1) is 15.6. The minimum absolute atomic E-state index is 0.122. The summed E-state index contributed by atoms with van der Waals surface area (Å²) in [7, 11) is 0. The maximum atomic E-state index is 12.6. The van der Waals surface area contributed by atoms with E-state index in [1.807, 2.05) is 36.7 Å². The number of aromatic nitrogens is 2. The van der Waals surface area contributed by atoms with Gasteiger partial charge < -0.3 is 0 Å². The predicted molar refractivity (Wildman–Crippen MR) is 123 cm³/mol. The summed E-state index contributed by atoms with van der Waals surface area (Å²) < 4.78 is 0. The SMILES string of the molecule is Cc1cccnc1CN(CCCCN1C(=O)c2ccccc2C1=O)[C@H](C)c1ccccn1. The second-order valence-electron chi connectivity index (χ2n) is 8.18. The molecule has 2 aromatic heterocycles. The van der Waals surface area contributed by atoms with Gasteiger partial charge in [-0.15, -0.1) is 0 Å². The highest BCUT2D eigenvalue weighted by Gasteiger charge is 2.34. The molecular weight excluding hydrogens is 400 g/mol. The van der Waals surface area contributed by atoms with Crippen molar-refractivity contribution in [2.45, 2.75) is 39.3 Å². The van der Waals surface area contributed by atoms with E-state index in [4.69, 9.17) is 0 Å². The van der Waals surface area contributed by atoms with E-state index >= 15 is 0 Å². The van der Waals surface area contributed by atoms with Crippen LogP contribution in [-0.4, -0.2) is 44.7 Å². The van der Waals surface area contributed by atoms with Crippen LogP contribution in [0.25, 0.3) is 0 Å². The Labute approximate surface area is 188 Å². The van der Waals surface area contributed by atoms with Crippen molar-refractivity contribution >= 4 is 11.8 Å². The fourth-order valence-corrected chi connectivity index (χ4v) is 4.12. The second-order valence-corrected chi connectivity index (χ2v) is 8.18. The summed E-state index contributed by atoms with van der Waals surface area (Å²) in [5, 5.41) is 0.